The van der Waals surface area contributed by atoms with Gasteiger partial charge in [-0.1, -0.05) is 12.1 Å². The topological polar surface area (TPSA) is 88.4 Å². The van der Waals surface area contributed by atoms with Crippen molar-refractivity contribution < 1.29 is 30.8 Å². The second-order valence-corrected chi connectivity index (χ2v) is 7.51. The summed E-state index contributed by atoms with van der Waals surface area (Å²) >= 11 is 0. The molecule has 0 aliphatic rings. The summed E-state index contributed by atoms with van der Waals surface area (Å²) in [6, 6.07) is 6.76. The van der Waals surface area contributed by atoms with Crippen molar-refractivity contribution in [3.8, 4) is 0 Å². The molecule has 0 aliphatic heterocycles. The Morgan fingerprint density at radius 2 is 1.92 bits per heavy atom. The molecule has 1 amide bonds. The van der Waals surface area contributed by atoms with Crippen molar-refractivity contribution in [1.82, 2.24) is 10.0 Å². The van der Waals surface area contributed by atoms with Gasteiger partial charge in [-0.25, -0.2) is 13.1 Å². The van der Waals surface area contributed by atoms with Crippen LogP contribution in [0.5, 0.6) is 0 Å². The highest BCUT2D eigenvalue weighted by molar-refractivity contribution is 7.88. The molecule has 6 nitrogen and oxygen atoms in total. The molecule has 2 N–H and O–H groups in total. The minimum absolute atomic E-state index is 0.0749. The van der Waals surface area contributed by atoms with Gasteiger partial charge in [-0.05, 0) is 36.8 Å². The van der Waals surface area contributed by atoms with Crippen molar-refractivity contribution in [2.45, 2.75) is 25.7 Å². The second-order valence-electron chi connectivity index (χ2n) is 5.68. The molecule has 0 spiro atoms. The lowest BCUT2D eigenvalue weighted by atomic mass is 10.0. The zero-order valence-electron chi connectivity index (χ0n) is 13.9. The Balaban J connectivity index is 2.04. The lowest BCUT2D eigenvalue weighted by Crippen LogP contribution is -2.26. The SMILES string of the molecule is C[C@H](NC(=O)c1ccc(CNS(C)(=O)=O)o1)c1cccc(C(F)(F)F)c1. The summed E-state index contributed by atoms with van der Waals surface area (Å²) in [5.41, 5.74) is -0.512. The summed E-state index contributed by atoms with van der Waals surface area (Å²) in [6.07, 6.45) is -3.48. The first kappa shape index (κ1) is 20.0. The Hall–Kier alpha value is -2.33. The molecule has 10 heteroatoms. The van der Waals surface area contributed by atoms with Gasteiger partial charge < -0.3 is 9.73 Å². The van der Waals surface area contributed by atoms with E-state index >= 15 is 0 Å². The number of nitrogens with one attached hydrogen (secondary N) is 2. The standard InChI is InChI=1S/C16H17F3N2O4S/c1-10(11-4-3-5-12(8-11)16(17,18)19)21-15(22)14-7-6-13(25-14)9-20-26(2,23)24/h3-8,10,20H,9H2,1-2H3,(H,21,22)/t10-/m0/s1. The minimum Gasteiger partial charge on any atom is -0.455 e. The third-order valence-corrected chi connectivity index (χ3v) is 4.12. The zero-order valence-corrected chi connectivity index (χ0v) is 14.7. The molecule has 0 radical (unpaired) electrons. The smallest absolute Gasteiger partial charge is 0.416 e. The molecule has 0 saturated carbocycles. The number of hydrogen-bond acceptors (Lipinski definition) is 4. The number of hydrogen-bond donors (Lipinski definition) is 2. The minimum atomic E-state index is -4.47. The summed E-state index contributed by atoms with van der Waals surface area (Å²) in [5.74, 6) is -0.470. The molecular weight excluding hydrogens is 373 g/mol. The third kappa shape index (κ3) is 5.60. The van der Waals surface area contributed by atoms with E-state index in [9.17, 15) is 26.4 Å². The average molecular weight is 390 g/mol. The summed E-state index contributed by atoms with van der Waals surface area (Å²) in [7, 11) is -3.41. The maximum absolute atomic E-state index is 12.8. The number of furan rings is 1. The van der Waals surface area contributed by atoms with E-state index in [1.165, 1.54) is 24.3 Å². The Bertz CT molecular complexity index is 891. The molecule has 142 valence electrons. The van der Waals surface area contributed by atoms with Crippen LogP contribution in [0.15, 0.2) is 40.8 Å². The van der Waals surface area contributed by atoms with E-state index < -0.39 is 33.7 Å². The van der Waals surface area contributed by atoms with Gasteiger partial charge in [0.15, 0.2) is 5.76 Å². The van der Waals surface area contributed by atoms with E-state index in [2.05, 4.69) is 10.0 Å². The molecular formula is C16H17F3N2O4S. The van der Waals surface area contributed by atoms with E-state index in [4.69, 9.17) is 4.42 Å². The van der Waals surface area contributed by atoms with E-state index in [0.717, 1.165) is 18.4 Å². The van der Waals surface area contributed by atoms with Crippen LogP contribution in [0.4, 0.5) is 13.2 Å². The van der Waals surface area contributed by atoms with E-state index in [1.807, 2.05) is 0 Å². The van der Waals surface area contributed by atoms with E-state index in [-0.39, 0.29) is 18.1 Å². The van der Waals surface area contributed by atoms with Crippen LogP contribution in [0.25, 0.3) is 0 Å². The van der Waals surface area contributed by atoms with Gasteiger partial charge in [0.05, 0.1) is 24.4 Å². The highest BCUT2D eigenvalue weighted by Gasteiger charge is 2.30. The van der Waals surface area contributed by atoms with Gasteiger partial charge in [-0.15, -0.1) is 0 Å². The quantitative estimate of drug-likeness (QED) is 0.794. The molecule has 0 saturated heterocycles. The van der Waals surface area contributed by atoms with Crippen molar-refractivity contribution in [3.63, 3.8) is 0 Å². The molecule has 0 bridgehead atoms. The maximum atomic E-state index is 12.8. The Kier molecular flexibility index (Phi) is 5.77. The second kappa shape index (κ2) is 7.50. The molecule has 1 aromatic heterocycles. The average Bonchev–Trinajstić information content (AvgIpc) is 3.01. The first-order chi connectivity index (χ1) is 12.0. The van der Waals surface area contributed by atoms with Gasteiger partial charge >= 0.3 is 6.18 Å². The van der Waals surface area contributed by atoms with Crippen LogP contribution in [0.3, 0.4) is 0 Å². The normalized spacial score (nSPS) is 13.4. The first-order valence-electron chi connectivity index (χ1n) is 7.47. The number of carbonyl (C=O) groups excluding carboxylic acids is 1. The van der Waals surface area contributed by atoms with Gasteiger partial charge in [0.25, 0.3) is 5.91 Å². The highest BCUT2D eigenvalue weighted by atomic mass is 32.2. The molecule has 1 aromatic carbocycles. The molecule has 0 fully saturated rings. The van der Waals surface area contributed by atoms with Gasteiger partial charge in [-0.2, -0.15) is 13.2 Å². The van der Waals surface area contributed by atoms with Gasteiger partial charge in [0.2, 0.25) is 10.0 Å². The van der Waals surface area contributed by atoms with Crippen molar-refractivity contribution >= 4 is 15.9 Å². The van der Waals surface area contributed by atoms with Crippen molar-refractivity contribution in [1.29, 1.82) is 0 Å². The Morgan fingerprint density at radius 1 is 1.23 bits per heavy atom. The summed E-state index contributed by atoms with van der Waals surface area (Å²) < 4.78 is 67.8. The fraction of sp³-hybridized carbons (Fsp3) is 0.312. The fourth-order valence-electron chi connectivity index (χ4n) is 2.13. The predicted octanol–water partition coefficient (Wildman–Crippen LogP) is 2.84. The van der Waals surface area contributed by atoms with Gasteiger partial charge in [-0.3, -0.25) is 4.79 Å². The van der Waals surface area contributed by atoms with Crippen molar-refractivity contribution in [3.05, 3.63) is 59.0 Å². The maximum Gasteiger partial charge on any atom is 0.416 e. The van der Waals surface area contributed by atoms with Crippen LogP contribution in [-0.4, -0.2) is 20.6 Å². The van der Waals surface area contributed by atoms with Crippen LogP contribution in [0.2, 0.25) is 0 Å². The van der Waals surface area contributed by atoms with Gasteiger partial charge in [0.1, 0.15) is 5.76 Å². The van der Waals surface area contributed by atoms with Crippen LogP contribution in [0.1, 0.15) is 40.4 Å². The number of amides is 1. The molecule has 2 rings (SSSR count). The molecule has 0 unspecified atom stereocenters. The van der Waals surface area contributed by atoms with E-state index in [1.54, 1.807) is 6.92 Å². The first-order valence-corrected chi connectivity index (χ1v) is 9.36. The molecule has 1 heterocycles. The van der Waals surface area contributed by atoms with Crippen molar-refractivity contribution in [2.75, 3.05) is 6.26 Å². The van der Waals surface area contributed by atoms with Crippen molar-refractivity contribution in [2.24, 2.45) is 0 Å². The summed E-state index contributed by atoms with van der Waals surface area (Å²) in [5, 5.41) is 2.54. The van der Waals surface area contributed by atoms with Crippen LogP contribution >= 0.6 is 0 Å². The lowest BCUT2D eigenvalue weighted by Gasteiger charge is -2.15. The molecule has 2 aromatic rings. The number of sulfonamides is 1. The largest absolute Gasteiger partial charge is 0.455 e. The number of alkyl halides is 3. The number of benzene rings is 1. The third-order valence-electron chi connectivity index (χ3n) is 3.46. The predicted molar refractivity (Wildman–Crippen MR) is 87.7 cm³/mol. The number of rotatable bonds is 6. The zero-order chi connectivity index (χ0) is 19.5. The molecule has 0 aliphatic carbocycles. The van der Waals surface area contributed by atoms with Crippen LogP contribution in [0, 0.1) is 0 Å². The summed E-state index contributed by atoms with van der Waals surface area (Å²) in [4.78, 5) is 12.2. The molecule has 26 heavy (non-hydrogen) atoms. The highest BCUT2D eigenvalue weighted by Crippen LogP contribution is 2.30. The van der Waals surface area contributed by atoms with Crippen LogP contribution < -0.4 is 10.0 Å². The Morgan fingerprint density at radius 3 is 2.54 bits per heavy atom. The monoisotopic (exact) mass is 390 g/mol. The van der Waals surface area contributed by atoms with Gasteiger partial charge in [0, 0.05) is 0 Å². The lowest BCUT2D eigenvalue weighted by molar-refractivity contribution is -0.137. The molecule has 1 atom stereocenters. The number of carbonyl (C=O) groups is 1. The van der Waals surface area contributed by atoms with E-state index in [0.29, 0.717) is 5.56 Å². The fourth-order valence-corrected chi connectivity index (χ4v) is 2.54. The summed E-state index contributed by atoms with van der Waals surface area (Å²) in [6.45, 7) is 1.43. The number of halogens is 3. The Labute approximate surface area is 148 Å². The van der Waals surface area contributed by atoms with Crippen LogP contribution in [-0.2, 0) is 22.7 Å².